The van der Waals surface area contributed by atoms with Crippen LogP contribution in [0.5, 0.6) is 0 Å². The summed E-state index contributed by atoms with van der Waals surface area (Å²) in [5.74, 6) is -1.63. The summed E-state index contributed by atoms with van der Waals surface area (Å²) in [4.78, 5) is 36.3. The summed E-state index contributed by atoms with van der Waals surface area (Å²) >= 11 is 0. The minimum atomic E-state index is -1.46. The molecule has 5 nitrogen and oxygen atoms in total. The van der Waals surface area contributed by atoms with Gasteiger partial charge in [-0.15, -0.1) is 0 Å². The monoisotopic (exact) mass is 282 g/mol. The van der Waals surface area contributed by atoms with Crippen molar-refractivity contribution in [1.29, 1.82) is 0 Å². The predicted octanol–water partition coefficient (Wildman–Crippen LogP) is 2.58. The van der Waals surface area contributed by atoms with E-state index in [9.17, 15) is 19.6 Å². The number of imide groups is 1. The fraction of sp³-hybridized carbons (Fsp3) is 0.0625. The summed E-state index contributed by atoms with van der Waals surface area (Å²) in [5, 5.41) is 10.7. The van der Waals surface area contributed by atoms with Crippen LogP contribution < -0.4 is 4.65 Å². The summed E-state index contributed by atoms with van der Waals surface area (Å²) in [7, 11) is 0. The lowest BCUT2D eigenvalue weighted by Crippen LogP contribution is -2.51. The summed E-state index contributed by atoms with van der Waals surface area (Å²) in [5.41, 5.74) is 0.751. The maximum Gasteiger partial charge on any atom is 0.392 e. The van der Waals surface area contributed by atoms with Crippen molar-refractivity contribution in [1.82, 2.24) is 4.65 Å². The quantitative estimate of drug-likeness (QED) is 0.398. The van der Waals surface area contributed by atoms with Gasteiger partial charge in [0.05, 0.1) is 0 Å². The minimum absolute atomic E-state index is 0.0638. The molecule has 0 saturated heterocycles. The Labute approximate surface area is 120 Å². The maximum absolute atomic E-state index is 12.4. The number of quaternary nitrogens is 1. The molecule has 1 aliphatic heterocycles. The number of amides is 2. The van der Waals surface area contributed by atoms with E-state index in [-0.39, 0.29) is 22.6 Å². The van der Waals surface area contributed by atoms with E-state index in [4.69, 9.17) is 0 Å². The average molecular weight is 282 g/mol. The van der Waals surface area contributed by atoms with Gasteiger partial charge in [0.1, 0.15) is 11.1 Å². The van der Waals surface area contributed by atoms with Crippen LogP contribution in [0.2, 0.25) is 0 Å². The largest absolute Gasteiger partial charge is 0.392 e. The van der Waals surface area contributed by atoms with E-state index < -0.39 is 16.5 Å². The Bertz CT molecular complexity index is 759. The molecular formula is C16H12NO4+. The van der Waals surface area contributed by atoms with Crippen LogP contribution in [0, 0.1) is 0 Å². The highest BCUT2D eigenvalue weighted by molar-refractivity contribution is 6.28. The second-order valence-corrected chi connectivity index (χ2v) is 4.90. The predicted molar refractivity (Wildman–Crippen MR) is 75.1 cm³/mol. The maximum atomic E-state index is 12.4. The molecule has 5 heteroatoms. The van der Waals surface area contributed by atoms with E-state index in [1.165, 1.54) is 37.3 Å². The zero-order chi connectivity index (χ0) is 15.2. The number of carbonyl (C=O) groups is 3. The number of Topliss-reactive ketones (excluding diaryl/α,β-unsaturated/α-hetero) is 1. The fourth-order valence-electron chi connectivity index (χ4n) is 2.46. The highest BCUT2D eigenvalue weighted by atomic mass is 16.6. The molecule has 0 spiro atoms. The molecule has 3 rings (SSSR count). The Morgan fingerprint density at radius 3 is 2.05 bits per heavy atom. The second-order valence-electron chi connectivity index (χ2n) is 4.90. The van der Waals surface area contributed by atoms with Crippen molar-refractivity contribution in [3.63, 3.8) is 0 Å². The highest BCUT2D eigenvalue weighted by Gasteiger charge is 2.56. The van der Waals surface area contributed by atoms with Crippen LogP contribution in [-0.4, -0.2) is 22.8 Å². The van der Waals surface area contributed by atoms with Crippen LogP contribution in [0.4, 0.5) is 5.69 Å². The van der Waals surface area contributed by atoms with Crippen molar-refractivity contribution in [3.8, 4) is 0 Å². The molecule has 0 fully saturated rings. The summed E-state index contributed by atoms with van der Waals surface area (Å²) in [6.45, 7) is 1.38. The van der Waals surface area contributed by atoms with E-state index in [2.05, 4.69) is 0 Å². The minimum Gasteiger partial charge on any atom is -0.295 e. The number of ketones is 1. The van der Waals surface area contributed by atoms with Gasteiger partial charge in [0, 0.05) is 17.7 Å². The summed E-state index contributed by atoms with van der Waals surface area (Å²) in [6, 6.07) is 12.2. The normalized spacial score (nSPS) is 15.9. The van der Waals surface area contributed by atoms with Crippen molar-refractivity contribution < 1.29 is 19.6 Å². The molecule has 1 heterocycles. The first-order valence-electron chi connectivity index (χ1n) is 6.38. The van der Waals surface area contributed by atoms with Gasteiger partial charge in [-0.2, -0.15) is 5.21 Å². The first-order valence-corrected chi connectivity index (χ1v) is 6.38. The van der Waals surface area contributed by atoms with Gasteiger partial charge in [0.15, 0.2) is 11.5 Å². The van der Waals surface area contributed by atoms with Gasteiger partial charge in [0.25, 0.3) is 0 Å². The Balaban J connectivity index is 2.19. The Hall–Kier alpha value is -2.63. The van der Waals surface area contributed by atoms with Crippen LogP contribution >= 0.6 is 0 Å². The SMILES string of the molecule is CC(=O)c1cccc([N+]2(O)C(=O)c3ccccc3C2=O)c1. The fourth-order valence-corrected chi connectivity index (χ4v) is 2.46. The van der Waals surface area contributed by atoms with Crippen LogP contribution in [0.25, 0.3) is 0 Å². The first-order chi connectivity index (χ1) is 9.96. The zero-order valence-corrected chi connectivity index (χ0v) is 11.2. The third-order valence-corrected chi connectivity index (χ3v) is 3.60. The standard InChI is InChI=1S/C16H12NO4/c1-10(18)11-5-4-6-12(9-11)17(21)15(19)13-7-2-3-8-14(13)16(17)20/h2-9,21H,1H3/q+1. The molecule has 1 aliphatic rings. The third kappa shape index (κ3) is 1.75. The average Bonchev–Trinajstić information content (AvgIpc) is 2.71. The van der Waals surface area contributed by atoms with Gasteiger partial charge < -0.3 is 0 Å². The lowest BCUT2D eigenvalue weighted by molar-refractivity contribution is -0.0278. The molecule has 104 valence electrons. The number of carbonyl (C=O) groups excluding carboxylic acids is 3. The second kappa shape index (κ2) is 4.44. The molecular weight excluding hydrogens is 270 g/mol. The van der Waals surface area contributed by atoms with Crippen LogP contribution in [-0.2, 0) is 0 Å². The van der Waals surface area contributed by atoms with Crippen molar-refractivity contribution >= 4 is 23.3 Å². The van der Waals surface area contributed by atoms with Gasteiger partial charge in [-0.05, 0) is 23.7 Å². The van der Waals surface area contributed by atoms with E-state index in [0.29, 0.717) is 5.56 Å². The Kier molecular flexibility index (Phi) is 2.83. The highest BCUT2D eigenvalue weighted by Crippen LogP contribution is 2.34. The molecule has 0 bridgehead atoms. The zero-order valence-electron chi connectivity index (χ0n) is 11.2. The summed E-state index contributed by atoms with van der Waals surface area (Å²) < 4.78 is -1.46. The van der Waals surface area contributed by atoms with Gasteiger partial charge in [0.2, 0.25) is 0 Å². The van der Waals surface area contributed by atoms with E-state index in [1.54, 1.807) is 18.2 Å². The molecule has 2 aromatic rings. The molecule has 1 N–H and O–H groups in total. The smallest absolute Gasteiger partial charge is 0.295 e. The van der Waals surface area contributed by atoms with E-state index in [0.717, 1.165) is 0 Å². The molecule has 0 unspecified atom stereocenters. The Morgan fingerprint density at radius 1 is 0.952 bits per heavy atom. The summed E-state index contributed by atoms with van der Waals surface area (Å²) in [6.07, 6.45) is 0. The van der Waals surface area contributed by atoms with Crippen LogP contribution in [0.1, 0.15) is 38.0 Å². The number of hydrogen-bond acceptors (Lipinski definition) is 4. The molecule has 21 heavy (non-hydrogen) atoms. The lowest BCUT2D eigenvalue weighted by atomic mass is 10.1. The number of hydroxylamine groups is 2. The van der Waals surface area contributed by atoms with Crippen molar-refractivity contribution in [2.24, 2.45) is 0 Å². The van der Waals surface area contributed by atoms with Gasteiger partial charge in [-0.3, -0.25) is 4.79 Å². The van der Waals surface area contributed by atoms with Gasteiger partial charge in [-0.25, -0.2) is 9.59 Å². The third-order valence-electron chi connectivity index (χ3n) is 3.60. The topological polar surface area (TPSA) is 71.4 Å². The first kappa shape index (κ1) is 13.4. The molecule has 2 aromatic carbocycles. The number of nitrogens with zero attached hydrogens (tertiary/aromatic N) is 1. The molecule has 0 aromatic heterocycles. The molecule has 2 amide bonds. The number of fused-ring (bicyclic) bond motifs is 1. The molecule has 0 atom stereocenters. The number of hydrogen-bond donors (Lipinski definition) is 1. The van der Waals surface area contributed by atoms with Crippen molar-refractivity contribution in [3.05, 3.63) is 65.2 Å². The lowest BCUT2D eigenvalue weighted by Gasteiger charge is -2.18. The molecule has 0 saturated carbocycles. The van der Waals surface area contributed by atoms with E-state index in [1.807, 2.05) is 0 Å². The molecule has 0 radical (unpaired) electrons. The van der Waals surface area contributed by atoms with Crippen LogP contribution in [0.3, 0.4) is 0 Å². The van der Waals surface area contributed by atoms with Crippen molar-refractivity contribution in [2.45, 2.75) is 6.92 Å². The Morgan fingerprint density at radius 2 is 1.52 bits per heavy atom. The number of rotatable bonds is 2. The molecule has 0 aliphatic carbocycles. The van der Waals surface area contributed by atoms with Crippen molar-refractivity contribution in [2.75, 3.05) is 0 Å². The van der Waals surface area contributed by atoms with Crippen LogP contribution in [0.15, 0.2) is 48.5 Å². The number of benzene rings is 2. The van der Waals surface area contributed by atoms with Gasteiger partial charge in [-0.1, -0.05) is 24.3 Å². The van der Waals surface area contributed by atoms with Gasteiger partial charge >= 0.3 is 11.8 Å². The van der Waals surface area contributed by atoms with E-state index >= 15 is 0 Å².